The van der Waals surface area contributed by atoms with Crippen molar-refractivity contribution in [3.05, 3.63) is 91.1 Å². The zero-order chi connectivity index (χ0) is 18.5. The highest BCUT2D eigenvalue weighted by Crippen LogP contribution is 2.20. The summed E-state index contributed by atoms with van der Waals surface area (Å²) < 4.78 is 1.52. The number of rotatable bonds is 5. The monoisotopic (exact) mass is 355 g/mol. The molecular weight excluding hydrogens is 338 g/mol. The summed E-state index contributed by atoms with van der Waals surface area (Å²) in [4.78, 5) is 20.7. The van der Waals surface area contributed by atoms with E-state index in [1.54, 1.807) is 24.7 Å². The summed E-state index contributed by atoms with van der Waals surface area (Å²) in [6.07, 6.45) is 4.89. The molecule has 0 atom stereocenters. The van der Waals surface area contributed by atoms with Crippen molar-refractivity contribution >= 4 is 11.6 Å². The summed E-state index contributed by atoms with van der Waals surface area (Å²) in [7, 11) is 0. The minimum Gasteiger partial charge on any atom is -0.323 e. The second kappa shape index (κ2) is 7.61. The van der Waals surface area contributed by atoms with E-state index in [4.69, 9.17) is 0 Å². The van der Waals surface area contributed by atoms with Crippen molar-refractivity contribution in [2.45, 2.75) is 6.42 Å². The molecular formula is C21H17N5O. The van der Waals surface area contributed by atoms with Crippen molar-refractivity contribution in [1.29, 1.82) is 0 Å². The van der Waals surface area contributed by atoms with Gasteiger partial charge in [-0.1, -0.05) is 54.6 Å². The van der Waals surface area contributed by atoms with Crippen LogP contribution in [-0.2, 0) is 11.2 Å². The van der Waals surface area contributed by atoms with Crippen LogP contribution < -0.4 is 5.32 Å². The summed E-state index contributed by atoms with van der Waals surface area (Å²) in [5, 5.41) is 6.97. The molecule has 2 aromatic carbocycles. The van der Waals surface area contributed by atoms with E-state index < -0.39 is 0 Å². The lowest BCUT2D eigenvalue weighted by Crippen LogP contribution is -2.16. The number of carbonyl (C=O) groups is 1. The number of anilines is 1. The fourth-order valence-electron chi connectivity index (χ4n) is 2.82. The topological polar surface area (TPSA) is 72.7 Å². The van der Waals surface area contributed by atoms with E-state index in [9.17, 15) is 4.79 Å². The van der Waals surface area contributed by atoms with Gasteiger partial charge in [0.25, 0.3) is 0 Å². The van der Waals surface area contributed by atoms with Crippen molar-refractivity contribution in [3.63, 3.8) is 0 Å². The van der Waals surface area contributed by atoms with Gasteiger partial charge in [-0.15, -0.1) is 0 Å². The summed E-state index contributed by atoms with van der Waals surface area (Å²) in [6, 6.07) is 21.7. The van der Waals surface area contributed by atoms with E-state index in [0.29, 0.717) is 11.5 Å². The van der Waals surface area contributed by atoms with Gasteiger partial charge in [-0.25, -0.2) is 14.6 Å². The highest BCUT2D eigenvalue weighted by atomic mass is 16.1. The zero-order valence-electron chi connectivity index (χ0n) is 14.5. The molecule has 0 aliphatic rings. The first-order valence-corrected chi connectivity index (χ1v) is 8.54. The third-order valence-corrected chi connectivity index (χ3v) is 4.12. The Morgan fingerprint density at radius 1 is 0.926 bits per heavy atom. The Hall–Kier alpha value is -3.80. The van der Waals surface area contributed by atoms with Crippen LogP contribution in [0.5, 0.6) is 0 Å². The van der Waals surface area contributed by atoms with Gasteiger partial charge in [-0.2, -0.15) is 5.10 Å². The molecule has 0 aliphatic carbocycles. The number of nitrogens with zero attached hydrogens (tertiary/aromatic N) is 4. The molecule has 1 amide bonds. The molecule has 2 aromatic heterocycles. The van der Waals surface area contributed by atoms with Gasteiger partial charge >= 0.3 is 0 Å². The maximum Gasteiger partial charge on any atom is 0.228 e. The van der Waals surface area contributed by atoms with Gasteiger partial charge in [-0.05, 0) is 28.8 Å². The maximum absolute atomic E-state index is 12.5. The molecule has 0 saturated carbocycles. The second-order valence-corrected chi connectivity index (χ2v) is 6.00. The molecule has 0 bridgehead atoms. The van der Waals surface area contributed by atoms with E-state index in [1.165, 1.54) is 11.0 Å². The Balaban J connectivity index is 1.46. The van der Waals surface area contributed by atoms with Crippen LogP contribution in [0.2, 0.25) is 0 Å². The Morgan fingerprint density at radius 2 is 1.70 bits per heavy atom. The van der Waals surface area contributed by atoms with Gasteiger partial charge in [0.1, 0.15) is 12.7 Å². The number of hydrogen-bond acceptors (Lipinski definition) is 4. The Kier molecular flexibility index (Phi) is 4.70. The second-order valence-electron chi connectivity index (χ2n) is 6.00. The lowest BCUT2D eigenvalue weighted by molar-refractivity contribution is -0.115. The Bertz CT molecular complexity index is 1030. The highest BCUT2D eigenvalue weighted by molar-refractivity contribution is 5.93. The van der Waals surface area contributed by atoms with E-state index in [2.05, 4.69) is 32.5 Å². The first-order valence-electron chi connectivity index (χ1n) is 8.54. The van der Waals surface area contributed by atoms with Crippen LogP contribution in [0.4, 0.5) is 5.69 Å². The summed E-state index contributed by atoms with van der Waals surface area (Å²) >= 11 is 0. The van der Waals surface area contributed by atoms with Crippen molar-refractivity contribution in [3.8, 4) is 16.9 Å². The average Bonchev–Trinajstić information content (AvgIpc) is 3.24. The van der Waals surface area contributed by atoms with E-state index in [1.807, 2.05) is 42.5 Å². The minimum atomic E-state index is -0.114. The largest absolute Gasteiger partial charge is 0.323 e. The van der Waals surface area contributed by atoms with E-state index in [0.717, 1.165) is 16.7 Å². The SMILES string of the molecule is O=C(Cc1ccc(-c2ccccc2)cc1)Nc1cccnc1-n1cncn1. The lowest BCUT2D eigenvalue weighted by Gasteiger charge is -2.10. The molecule has 0 unspecified atom stereocenters. The standard InChI is InChI=1S/C21H17N5O/c27-20(25-19-7-4-12-23-21(19)26-15-22-14-24-26)13-16-8-10-18(11-9-16)17-5-2-1-3-6-17/h1-12,14-15H,13H2,(H,25,27). The van der Waals surface area contributed by atoms with Crippen molar-refractivity contribution < 1.29 is 4.79 Å². The van der Waals surface area contributed by atoms with E-state index >= 15 is 0 Å². The molecule has 0 radical (unpaired) electrons. The summed E-state index contributed by atoms with van der Waals surface area (Å²) in [5.74, 6) is 0.416. The predicted octanol–water partition coefficient (Wildman–Crippen LogP) is 3.51. The van der Waals surface area contributed by atoms with E-state index in [-0.39, 0.29) is 12.3 Å². The Labute approximate surface area is 156 Å². The molecule has 27 heavy (non-hydrogen) atoms. The zero-order valence-corrected chi connectivity index (χ0v) is 14.5. The Morgan fingerprint density at radius 3 is 2.44 bits per heavy atom. The smallest absolute Gasteiger partial charge is 0.228 e. The van der Waals surface area contributed by atoms with Crippen LogP contribution in [0.1, 0.15) is 5.56 Å². The molecule has 2 heterocycles. The van der Waals surface area contributed by atoms with Crippen molar-refractivity contribution in [1.82, 2.24) is 19.7 Å². The molecule has 4 rings (SSSR count). The van der Waals surface area contributed by atoms with Crippen LogP contribution in [0.15, 0.2) is 85.6 Å². The molecule has 0 spiro atoms. The fourth-order valence-corrected chi connectivity index (χ4v) is 2.82. The van der Waals surface area contributed by atoms with Gasteiger partial charge < -0.3 is 5.32 Å². The number of hydrogen-bond donors (Lipinski definition) is 1. The van der Waals surface area contributed by atoms with Crippen LogP contribution in [0, 0.1) is 0 Å². The van der Waals surface area contributed by atoms with Gasteiger partial charge in [0.05, 0.1) is 12.1 Å². The molecule has 1 N–H and O–H groups in total. The first-order chi connectivity index (χ1) is 13.3. The number of amides is 1. The first kappa shape index (κ1) is 16.7. The quantitative estimate of drug-likeness (QED) is 0.595. The lowest BCUT2D eigenvalue weighted by atomic mass is 10.0. The maximum atomic E-state index is 12.5. The number of carbonyl (C=O) groups excluding carboxylic acids is 1. The van der Waals surface area contributed by atoms with Crippen molar-refractivity contribution in [2.75, 3.05) is 5.32 Å². The van der Waals surface area contributed by atoms with Gasteiger partial charge in [0.15, 0.2) is 5.82 Å². The minimum absolute atomic E-state index is 0.114. The molecule has 0 fully saturated rings. The molecule has 0 saturated heterocycles. The summed E-state index contributed by atoms with van der Waals surface area (Å²) in [6.45, 7) is 0. The van der Waals surface area contributed by atoms with Crippen LogP contribution in [-0.4, -0.2) is 25.7 Å². The normalized spacial score (nSPS) is 10.5. The third-order valence-electron chi connectivity index (χ3n) is 4.12. The number of pyridine rings is 1. The summed E-state index contributed by atoms with van der Waals surface area (Å²) in [5.41, 5.74) is 3.81. The number of benzene rings is 2. The molecule has 0 aliphatic heterocycles. The van der Waals surface area contributed by atoms with Crippen molar-refractivity contribution in [2.24, 2.45) is 0 Å². The molecule has 4 aromatic rings. The average molecular weight is 355 g/mol. The predicted molar refractivity (Wildman–Crippen MR) is 103 cm³/mol. The van der Waals surface area contributed by atoms with Crippen LogP contribution in [0.25, 0.3) is 16.9 Å². The molecule has 6 nitrogen and oxygen atoms in total. The fraction of sp³-hybridized carbons (Fsp3) is 0.0476. The highest BCUT2D eigenvalue weighted by Gasteiger charge is 2.10. The number of aromatic nitrogens is 4. The van der Waals surface area contributed by atoms with Gasteiger partial charge in [0.2, 0.25) is 5.91 Å². The van der Waals surface area contributed by atoms with Gasteiger partial charge in [-0.3, -0.25) is 4.79 Å². The van der Waals surface area contributed by atoms with Crippen LogP contribution in [0.3, 0.4) is 0 Å². The molecule has 6 heteroatoms. The molecule has 132 valence electrons. The third kappa shape index (κ3) is 3.90. The van der Waals surface area contributed by atoms with Crippen LogP contribution >= 0.6 is 0 Å². The van der Waals surface area contributed by atoms with Gasteiger partial charge in [0, 0.05) is 6.20 Å². The number of nitrogens with one attached hydrogen (secondary N) is 1.